The van der Waals surface area contributed by atoms with Crippen LogP contribution in [0.3, 0.4) is 0 Å². The van der Waals surface area contributed by atoms with E-state index in [2.05, 4.69) is 72.4 Å². The van der Waals surface area contributed by atoms with Gasteiger partial charge in [0, 0.05) is 36.0 Å². The van der Waals surface area contributed by atoms with E-state index in [9.17, 15) is 0 Å². The van der Waals surface area contributed by atoms with E-state index in [4.69, 9.17) is 42.6 Å². The van der Waals surface area contributed by atoms with Crippen LogP contribution >= 0.6 is 0 Å². The Balaban J connectivity index is 1.09. The lowest BCUT2D eigenvalue weighted by atomic mass is 9.87. The average Bonchev–Trinajstić information content (AvgIpc) is 3.98. The Morgan fingerprint density at radius 1 is 0.451 bits per heavy atom. The van der Waals surface area contributed by atoms with Crippen molar-refractivity contribution in [2.75, 3.05) is 51.1 Å². The summed E-state index contributed by atoms with van der Waals surface area (Å²) in [6, 6.07) is 24.9. The second kappa shape index (κ2) is 9.73. The monoisotopic (exact) mass is 680 g/mol. The number of nitrogens with zero attached hydrogens (tertiary/aromatic N) is 2. The summed E-state index contributed by atoms with van der Waals surface area (Å²) in [5, 5.41) is 4.13. The fraction of sp³-hybridized carbons (Fsp3) is 0.200. The lowest BCUT2D eigenvalue weighted by Crippen LogP contribution is -2.37. The quantitative estimate of drug-likeness (QED) is 0.179. The maximum absolute atomic E-state index is 7.53. The maximum atomic E-state index is 7.53. The molecule has 0 saturated carbocycles. The van der Waals surface area contributed by atoms with E-state index in [1.807, 2.05) is 24.3 Å². The molecule has 0 spiro atoms. The third kappa shape index (κ3) is 3.60. The van der Waals surface area contributed by atoms with Crippen LogP contribution in [0, 0.1) is 0 Å². The predicted molar refractivity (Wildman–Crippen MR) is 187 cm³/mol. The first kappa shape index (κ1) is 27.6. The fourth-order valence-electron chi connectivity index (χ4n) is 8.60. The van der Waals surface area contributed by atoms with Gasteiger partial charge in [-0.1, -0.05) is 24.3 Å². The van der Waals surface area contributed by atoms with Gasteiger partial charge in [0.2, 0.25) is 27.2 Å². The third-order valence-corrected chi connectivity index (χ3v) is 10.9. The van der Waals surface area contributed by atoms with Crippen LogP contribution in [0.1, 0.15) is 23.6 Å². The van der Waals surface area contributed by atoms with Crippen molar-refractivity contribution in [3.05, 3.63) is 83.9 Å². The SMILES string of the molecule is CN1c2c(ccc3cc4c(cc23)OCO4)-c2ccc3c(c2C1OC1c2c(ccc4c2OCO4)-c2ccc4cc5c(cc4c2N1C)OCO5)OCO3. The van der Waals surface area contributed by atoms with Gasteiger partial charge >= 0.3 is 0 Å². The largest absolute Gasteiger partial charge is 0.454 e. The van der Waals surface area contributed by atoms with Crippen molar-refractivity contribution in [1.29, 1.82) is 0 Å². The summed E-state index contributed by atoms with van der Waals surface area (Å²) >= 11 is 0. The molecule has 0 saturated heterocycles. The normalized spacial score (nSPS) is 19.3. The minimum Gasteiger partial charge on any atom is -0.454 e. The van der Waals surface area contributed by atoms with Crippen LogP contribution in [0.4, 0.5) is 11.4 Å². The number of rotatable bonds is 2. The number of fused-ring (bicyclic) bond motifs is 16. The standard InChI is InChI=1S/C40H28N2O9/c1-41-35-23(5-3-19-11-29-31(13-25(19)35)47-15-45-29)21-7-9-27-37(49-17-43-27)33(21)39(41)51-40-34-22(8-10-28-38(34)50-18-44-28)24-6-4-20-12-30-32(48-16-46-30)14-26(20)36(24)42(40)2/h3-14,39-40H,15-18H2,1-2H3. The van der Waals surface area contributed by atoms with E-state index < -0.39 is 12.5 Å². The lowest BCUT2D eigenvalue weighted by molar-refractivity contribution is -0.0164. The minimum absolute atomic E-state index is 0.136. The molecule has 0 aromatic heterocycles. The first-order valence-corrected chi connectivity index (χ1v) is 16.8. The van der Waals surface area contributed by atoms with Gasteiger partial charge in [0.25, 0.3) is 0 Å². The van der Waals surface area contributed by atoms with Crippen LogP contribution in [-0.2, 0) is 4.74 Å². The zero-order valence-corrected chi connectivity index (χ0v) is 27.5. The van der Waals surface area contributed by atoms with Crippen molar-refractivity contribution < 1.29 is 42.6 Å². The molecule has 0 amide bonds. The van der Waals surface area contributed by atoms with Crippen LogP contribution < -0.4 is 47.7 Å². The Kier molecular flexibility index (Phi) is 5.27. The van der Waals surface area contributed by atoms with Gasteiger partial charge in [0.15, 0.2) is 58.5 Å². The molecule has 2 atom stereocenters. The number of hydrogen-bond acceptors (Lipinski definition) is 11. The van der Waals surface area contributed by atoms with Gasteiger partial charge in [-0.3, -0.25) is 0 Å². The molecule has 0 radical (unpaired) electrons. The van der Waals surface area contributed by atoms with Gasteiger partial charge in [-0.15, -0.1) is 0 Å². The van der Waals surface area contributed by atoms with Gasteiger partial charge in [0.05, 0.1) is 22.5 Å². The topological polar surface area (TPSA) is 89.6 Å². The molecule has 6 heterocycles. The third-order valence-electron chi connectivity index (χ3n) is 10.9. The van der Waals surface area contributed by atoms with Crippen molar-refractivity contribution >= 4 is 32.9 Å². The highest BCUT2D eigenvalue weighted by Gasteiger charge is 2.43. The highest BCUT2D eigenvalue weighted by Crippen LogP contribution is 2.59. The molecule has 252 valence electrons. The van der Waals surface area contributed by atoms with Gasteiger partial charge in [-0.05, 0) is 70.4 Å². The van der Waals surface area contributed by atoms with E-state index in [1.54, 1.807) is 0 Å². The zero-order chi connectivity index (χ0) is 33.5. The lowest BCUT2D eigenvalue weighted by Gasteiger charge is -2.44. The van der Waals surface area contributed by atoms with Crippen LogP contribution in [0.15, 0.2) is 72.8 Å². The van der Waals surface area contributed by atoms with Crippen molar-refractivity contribution in [3.63, 3.8) is 0 Å². The molecule has 0 fully saturated rings. The first-order valence-electron chi connectivity index (χ1n) is 16.8. The van der Waals surface area contributed by atoms with E-state index in [0.29, 0.717) is 23.0 Å². The minimum atomic E-state index is -0.615. The van der Waals surface area contributed by atoms with Gasteiger partial charge < -0.3 is 52.4 Å². The summed E-state index contributed by atoms with van der Waals surface area (Å²) in [4.78, 5) is 4.38. The predicted octanol–water partition coefficient (Wildman–Crippen LogP) is 7.86. The summed E-state index contributed by atoms with van der Waals surface area (Å²) in [5.41, 5.74) is 7.94. The van der Waals surface area contributed by atoms with E-state index in [-0.39, 0.29) is 27.2 Å². The van der Waals surface area contributed by atoms with E-state index in [1.165, 1.54) is 0 Å². The Morgan fingerprint density at radius 3 is 1.31 bits per heavy atom. The highest BCUT2D eigenvalue weighted by atomic mass is 16.7. The highest BCUT2D eigenvalue weighted by molar-refractivity contribution is 6.07. The number of benzene rings is 6. The Hall–Kier alpha value is -6.20. The van der Waals surface area contributed by atoms with E-state index >= 15 is 0 Å². The molecule has 51 heavy (non-hydrogen) atoms. The number of anilines is 2. The van der Waals surface area contributed by atoms with Crippen LogP contribution in [0.2, 0.25) is 0 Å². The van der Waals surface area contributed by atoms with Crippen molar-refractivity contribution in [2.24, 2.45) is 0 Å². The fourth-order valence-corrected chi connectivity index (χ4v) is 8.60. The summed E-state index contributed by atoms with van der Waals surface area (Å²) in [6.07, 6.45) is -1.23. The molecule has 12 rings (SSSR count). The van der Waals surface area contributed by atoms with E-state index in [0.717, 1.165) is 89.3 Å². The Morgan fingerprint density at radius 2 is 0.843 bits per heavy atom. The Bertz CT molecular complexity index is 2380. The van der Waals surface area contributed by atoms with Gasteiger partial charge in [-0.25, -0.2) is 0 Å². The Labute approximate surface area is 290 Å². The van der Waals surface area contributed by atoms with Crippen LogP contribution in [0.5, 0.6) is 46.0 Å². The molecule has 2 unspecified atom stereocenters. The van der Waals surface area contributed by atoms with Gasteiger partial charge in [-0.2, -0.15) is 0 Å². The second-order valence-electron chi connectivity index (χ2n) is 13.4. The first-order chi connectivity index (χ1) is 25.1. The molecule has 11 heteroatoms. The molecular formula is C40H28N2O9. The average molecular weight is 681 g/mol. The molecule has 6 aromatic rings. The maximum Gasteiger partial charge on any atom is 0.231 e. The molecule has 0 bridgehead atoms. The van der Waals surface area contributed by atoms with Crippen LogP contribution in [-0.4, -0.2) is 41.3 Å². The molecular weight excluding hydrogens is 652 g/mol. The smallest absolute Gasteiger partial charge is 0.231 e. The van der Waals surface area contributed by atoms with Gasteiger partial charge in [0.1, 0.15) is 0 Å². The molecule has 0 aliphatic carbocycles. The molecule has 11 nitrogen and oxygen atoms in total. The van der Waals surface area contributed by atoms with Crippen LogP contribution in [0.25, 0.3) is 43.8 Å². The molecule has 6 aliphatic heterocycles. The molecule has 6 aromatic carbocycles. The zero-order valence-electron chi connectivity index (χ0n) is 27.5. The summed E-state index contributed by atoms with van der Waals surface area (Å²) in [6.45, 7) is 0.667. The van der Waals surface area contributed by atoms with Crippen molar-refractivity contribution in [2.45, 2.75) is 12.5 Å². The summed E-state index contributed by atoms with van der Waals surface area (Å²) < 4.78 is 54.9. The number of hydrogen-bond donors (Lipinski definition) is 0. The molecule has 0 N–H and O–H groups in total. The molecule has 6 aliphatic rings. The number of ether oxygens (including phenoxy) is 9. The summed E-state index contributed by atoms with van der Waals surface area (Å²) in [7, 11) is 4.13. The second-order valence-corrected chi connectivity index (χ2v) is 13.4. The summed E-state index contributed by atoms with van der Waals surface area (Å²) in [5.74, 6) is 5.64. The van der Waals surface area contributed by atoms with Crippen molar-refractivity contribution in [1.82, 2.24) is 0 Å². The van der Waals surface area contributed by atoms with Crippen molar-refractivity contribution in [3.8, 4) is 68.2 Å².